The zero-order valence-electron chi connectivity index (χ0n) is 11.4. The average molecular weight is 335 g/mol. The van der Waals surface area contributed by atoms with Crippen LogP contribution in [-0.2, 0) is 0 Å². The maximum Gasteiger partial charge on any atom is 0.144 e. The standard InChI is InChI=1S/C13H21BrClN3/c1-9(2)18(10(3)4)6-5-16-13-12(15)7-11(14)8-17-13/h7-10H,5-6H2,1-4H3,(H,16,17). The van der Waals surface area contributed by atoms with Gasteiger partial charge in [-0.25, -0.2) is 4.98 Å². The third kappa shape index (κ3) is 4.75. The van der Waals surface area contributed by atoms with E-state index in [0.717, 1.165) is 23.4 Å². The Morgan fingerprint density at radius 2 is 1.94 bits per heavy atom. The van der Waals surface area contributed by atoms with Crippen LogP contribution in [0.2, 0.25) is 5.02 Å². The first-order valence-electron chi connectivity index (χ1n) is 6.22. The Morgan fingerprint density at radius 3 is 2.44 bits per heavy atom. The molecule has 1 aromatic heterocycles. The van der Waals surface area contributed by atoms with E-state index in [-0.39, 0.29) is 0 Å². The van der Waals surface area contributed by atoms with E-state index in [2.05, 4.69) is 58.8 Å². The van der Waals surface area contributed by atoms with Gasteiger partial charge in [-0.2, -0.15) is 0 Å². The molecule has 0 saturated heterocycles. The van der Waals surface area contributed by atoms with Gasteiger partial charge in [-0.1, -0.05) is 11.6 Å². The summed E-state index contributed by atoms with van der Waals surface area (Å²) in [7, 11) is 0. The molecule has 1 N–H and O–H groups in total. The van der Waals surface area contributed by atoms with Crippen molar-refractivity contribution in [3.8, 4) is 0 Å². The summed E-state index contributed by atoms with van der Waals surface area (Å²) in [6.45, 7) is 10.7. The van der Waals surface area contributed by atoms with E-state index in [1.54, 1.807) is 6.20 Å². The molecule has 0 radical (unpaired) electrons. The molecule has 0 aliphatic carbocycles. The van der Waals surface area contributed by atoms with Crippen LogP contribution < -0.4 is 5.32 Å². The summed E-state index contributed by atoms with van der Waals surface area (Å²) in [5, 5.41) is 3.92. The first kappa shape index (κ1) is 15.7. The van der Waals surface area contributed by atoms with Gasteiger partial charge in [0.15, 0.2) is 0 Å². The van der Waals surface area contributed by atoms with Crippen LogP contribution >= 0.6 is 27.5 Å². The second-order valence-corrected chi connectivity index (χ2v) is 6.16. The predicted octanol–water partition coefficient (Wildman–Crippen LogP) is 4.03. The third-order valence-corrected chi connectivity index (χ3v) is 3.52. The highest BCUT2D eigenvalue weighted by Crippen LogP contribution is 2.22. The summed E-state index contributed by atoms with van der Waals surface area (Å²) in [5.74, 6) is 0.743. The number of halogens is 2. The lowest BCUT2D eigenvalue weighted by atomic mass is 10.2. The third-order valence-electron chi connectivity index (χ3n) is 2.80. The number of nitrogens with zero attached hydrogens (tertiary/aromatic N) is 2. The Hall–Kier alpha value is -0.320. The van der Waals surface area contributed by atoms with Crippen molar-refractivity contribution in [2.45, 2.75) is 39.8 Å². The van der Waals surface area contributed by atoms with Gasteiger partial charge in [0.2, 0.25) is 0 Å². The highest BCUT2D eigenvalue weighted by Gasteiger charge is 2.12. The van der Waals surface area contributed by atoms with E-state index in [1.807, 2.05) is 6.07 Å². The maximum absolute atomic E-state index is 6.10. The van der Waals surface area contributed by atoms with Crippen molar-refractivity contribution >= 4 is 33.3 Å². The molecule has 0 bridgehead atoms. The molecule has 102 valence electrons. The Balaban J connectivity index is 2.50. The van der Waals surface area contributed by atoms with Crippen molar-refractivity contribution in [2.75, 3.05) is 18.4 Å². The Labute approximate surface area is 123 Å². The molecule has 0 aliphatic rings. The minimum absolute atomic E-state index is 0.542. The van der Waals surface area contributed by atoms with Crippen molar-refractivity contribution < 1.29 is 0 Å². The minimum atomic E-state index is 0.542. The van der Waals surface area contributed by atoms with Gasteiger partial charge < -0.3 is 5.32 Å². The molecule has 0 unspecified atom stereocenters. The Kier molecular flexibility index (Phi) is 6.39. The van der Waals surface area contributed by atoms with Crippen LogP contribution in [-0.4, -0.2) is 35.1 Å². The van der Waals surface area contributed by atoms with Crippen molar-refractivity contribution in [3.63, 3.8) is 0 Å². The number of pyridine rings is 1. The zero-order valence-corrected chi connectivity index (χ0v) is 13.7. The molecule has 0 spiro atoms. The number of rotatable bonds is 6. The van der Waals surface area contributed by atoms with Crippen LogP contribution in [0.25, 0.3) is 0 Å². The number of hydrogen-bond donors (Lipinski definition) is 1. The van der Waals surface area contributed by atoms with Gasteiger partial charge >= 0.3 is 0 Å². The molecule has 3 nitrogen and oxygen atoms in total. The van der Waals surface area contributed by atoms with E-state index in [1.165, 1.54) is 0 Å². The second-order valence-electron chi connectivity index (χ2n) is 4.84. The van der Waals surface area contributed by atoms with Crippen LogP contribution in [0, 0.1) is 0 Å². The Bertz CT molecular complexity index is 374. The van der Waals surface area contributed by atoms with Gasteiger partial charge in [0, 0.05) is 35.8 Å². The summed E-state index contributed by atoms with van der Waals surface area (Å²) >= 11 is 9.44. The van der Waals surface area contributed by atoms with E-state index >= 15 is 0 Å². The maximum atomic E-state index is 6.10. The summed E-state index contributed by atoms with van der Waals surface area (Å²) < 4.78 is 0.893. The summed E-state index contributed by atoms with van der Waals surface area (Å²) in [4.78, 5) is 6.69. The molecule has 0 saturated carbocycles. The van der Waals surface area contributed by atoms with Crippen molar-refractivity contribution in [2.24, 2.45) is 0 Å². The number of nitrogens with one attached hydrogen (secondary N) is 1. The molecule has 1 rings (SSSR count). The molecule has 0 atom stereocenters. The quantitative estimate of drug-likeness (QED) is 0.851. The number of hydrogen-bond acceptors (Lipinski definition) is 3. The molecule has 1 aromatic rings. The van der Waals surface area contributed by atoms with Gasteiger partial charge in [-0.05, 0) is 49.7 Å². The highest BCUT2D eigenvalue weighted by molar-refractivity contribution is 9.10. The van der Waals surface area contributed by atoms with Crippen LogP contribution in [0.3, 0.4) is 0 Å². The van der Waals surface area contributed by atoms with Crippen LogP contribution in [0.5, 0.6) is 0 Å². The van der Waals surface area contributed by atoms with E-state index in [0.29, 0.717) is 17.1 Å². The molecular formula is C13H21BrClN3. The first-order chi connectivity index (χ1) is 8.41. The molecular weight excluding hydrogens is 314 g/mol. The molecule has 5 heteroatoms. The lowest BCUT2D eigenvalue weighted by molar-refractivity contribution is 0.182. The molecule has 1 heterocycles. The molecule has 0 aromatic carbocycles. The molecule has 0 amide bonds. The molecule has 18 heavy (non-hydrogen) atoms. The fraction of sp³-hybridized carbons (Fsp3) is 0.615. The lowest BCUT2D eigenvalue weighted by Gasteiger charge is -2.30. The van der Waals surface area contributed by atoms with Crippen molar-refractivity contribution in [1.82, 2.24) is 9.88 Å². The van der Waals surface area contributed by atoms with Crippen molar-refractivity contribution in [3.05, 3.63) is 21.8 Å². The minimum Gasteiger partial charge on any atom is -0.368 e. The van der Waals surface area contributed by atoms with E-state index in [4.69, 9.17) is 11.6 Å². The van der Waals surface area contributed by atoms with E-state index < -0.39 is 0 Å². The second kappa shape index (κ2) is 7.31. The van der Waals surface area contributed by atoms with Gasteiger partial charge in [0.05, 0.1) is 5.02 Å². The molecule has 0 fully saturated rings. The SMILES string of the molecule is CC(C)N(CCNc1ncc(Br)cc1Cl)C(C)C. The monoisotopic (exact) mass is 333 g/mol. The van der Waals surface area contributed by atoms with Gasteiger partial charge in [0.25, 0.3) is 0 Å². The van der Waals surface area contributed by atoms with Crippen molar-refractivity contribution in [1.29, 1.82) is 0 Å². The zero-order chi connectivity index (χ0) is 13.7. The van der Waals surface area contributed by atoms with Crippen LogP contribution in [0.1, 0.15) is 27.7 Å². The summed E-state index contributed by atoms with van der Waals surface area (Å²) in [6.07, 6.45) is 1.75. The van der Waals surface area contributed by atoms with Crippen LogP contribution in [0.15, 0.2) is 16.7 Å². The van der Waals surface area contributed by atoms with Crippen LogP contribution in [0.4, 0.5) is 5.82 Å². The van der Waals surface area contributed by atoms with E-state index in [9.17, 15) is 0 Å². The summed E-state index contributed by atoms with van der Waals surface area (Å²) in [5.41, 5.74) is 0. The first-order valence-corrected chi connectivity index (χ1v) is 7.39. The van der Waals surface area contributed by atoms with Gasteiger partial charge in [-0.15, -0.1) is 0 Å². The highest BCUT2D eigenvalue weighted by atomic mass is 79.9. The lowest BCUT2D eigenvalue weighted by Crippen LogP contribution is -2.40. The fourth-order valence-corrected chi connectivity index (χ4v) is 2.66. The van der Waals surface area contributed by atoms with Gasteiger partial charge in [0.1, 0.15) is 5.82 Å². The smallest absolute Gasteiger partial charge is 0.144 e. The number of aromatic nitrogens is 1. The number of anilines is 1. The fourth-order valence-electron chi connectivity index (χ4n) is 1.96. The average Bonchev–Trinajstić information content (AvgIpc) is 2.25. The largest absolute Gasteiger partial charge is 0.368 e. The topological polar surface area (TPSA) is 28.2 Å². The predicted molar refractivity (Wildman–Crippen MR) is 82.4 cm³/mol. The summed E-state index contributed by atoms with van der Waals surface area (Å²) in [6, 6.07) is 2.93. The van der Waals surface area contributed by atoms with Gasteiger partial charge in [-0.3, -0.25) is 4.90 Å². The normalized spacial score (nSPS) is 11.6. The Morgan fingerprint density at radius 1 is 1.33 bits per heavy atom. The molecule has 0 aliphatic heterocycles.